The second-order valence-electron chi connectivity index (χ2n) is 6.97. The number of carbonyl (C=O) groups is 1. The zero-order valence-corrected chi connectivity index (χ0v) is 17.6. The molecule has 0 aliphatic rings. The molecular formula is C21H25N3O4S. The van der Waals surface area contributed by atoms with Gasteiger partial charge in [0.15, 0.2) is 0 Å². The zero-order valence-electron chi connectivity index (χ0n) is 16.8. The molecule has 0 spiro atoms. The number of amides is 2. The molecule has 0 aliphatic carbocycles. The van der Waals surface area contributed by atoms with Crippen molar-refractivity contribution in [1.82, 2.24) is 4.90 Å². The van der Waals surface area contributed by atoms with Gasteiger partial charge in [0.05, 0.1) is 17.4 Å². The molecule has 0 unspecified atom stereocenters. The van der Waals surface area contributed by atoms with Gasteiger partial charge < -0.3 is 14.4 Å². The highest BCUT2D eigenvalue weighted by atomic mass is 32.2. The summed E-state index contributed by atoms with van der Waals surface area (Å²) in [7, 11) is -3.57. The Bertz CT molecular complexity index is 962. The fraction of sp³-hybridized carbons (Fsp3) is 0.333. The summed E-state index contributed by atoms with van der Waals surface area (Å²) >= 11 is 0. The lowest BCUT2D eigenvalue weighted by molar-refractivity contribution is 0.201. The predicted molar refractivity (Wildman–Crippen MR) is 112 cm³/mol. The first kappa shape index (κ1) is 22.2. The second kappa shape index (κ2) is 9.94. The quantitative estimate of drug-likeness (QED) is 0.658. The first-order chi connectivity index (χ1) is 13.7. The average Bonchev–Trinajstić information content (AvgIpc) is 2.69. The Morgan fingerprint density at radius 1 is 1.14 bits per heavy atom. The van der Waals surface area contributed by atoms with Gasteiger partial charge >= 0.3 is 16.1 Å². The molecule has 0 fully saturated rings. The van der Waals surface area contributed by atoms with Gasteiger partial charge in [-0.1, -0.05) is 26.0 Å². The number of benzene rings is 2. The summed E-state index contributed by atoms with van der Waals surface area (Å²) in [4.78, 5) is 14.4. The lowest BCUT2D eigenvalue weighted by atomic mass is 10.1. The van der Waals surface area contributed by atoms with Crippen LogP contribution in [0.1, 0.15) is 31.9 Å². The maximum Gasteiger partial charge on any atom is 0.322 e. The first-order valence-electron chi connectivity index (χ1n) is 9.29. The van der Waals surface area contributed by atoms with Gasteiger partial charge in [-0.3, -0.25) is 0 Å². The van der Waals surface area contributed by atoms with Crippen molar-refractivity contribution >= 4 is 21.8 Å². The summed E-state index contributed by atoms with van der Waals surface area (Å²) in [5.74, 6) is 0.402. The van der Waals surface area contributed by atoms with E-state index in [4.69, 9.17) is 9.44 Å². The predicted octanol–water partition coefficient (Wildman–Crippen LogP) is 3.98. The normalized spacial score (nSPS) is 11.0. The lowest BCUT2D eigenvalue weighted by Crippen LogP contribution is -2.37. The highest BCUT2D eigenvalue weighted by Crippen LogP contribution is 2.17. The molecule has 0 radical (unpaired) electrons. The maximum absolute atomic E-state index is 12.7. The van der Waals surface area contributed by atoms with E-state index in [1.54, 1.807) is 53.4 Å². The molecule has 2 aromatic carbocycles. The zero-order chi connectivity index (χ0) is 21.4. The minimum absolute atomic E-state index is 0.105. The van der Waals surface area contributed by atoms with Gasteiger partial charge in [-0.05, 0) is 54.8 Å². The number of nitrogens with zero attached hydrogens (tertiary/aromatic N) is 2. The third-order valence-corrected chi connectivity index (χ3v) is 5.17. The first-order valence-corrected chi connectivity index (χ1v) is 10.9. The van der Waals surface area contributed by atoms with Crippen LogP contribution in [0.15, 0.2) is 48.5 Å². The molecule has 2 aromatic rings. The number of carbonyl (C=O) groups excluding carboxylic acids is 1. The Labute approximate surface area is 172 Å². The monoisotopic (exact) mass is 415 g/mol. The van der Waals surface area contributed by atoms with Crippen LogP contribution in [0.5, 0.6) is 5.75 Å². The minimum Gasteiger partial charge on any atom is -0.382 e. The number of hydrogen-bond donors (Lipinski definition) is 1. The van der Waals surface area contributed by atoms with Crippen molar-refractivity contribution in [2.75, 3.05) is 17.6 Å². The summed E-state index contributed by atoms with van der Waals surface area (Å²) in [5, 5.41) is 11.7. The molecule has 0 aromatic heterocycles. The van der Waals surface area contributed by atoms with Gasteiger partial charge in [0.1, 0.15) is 5.75 Å². The molecule has 0 bridgehead atoms. The number of anilines is 1. The van der Waals surface area contributed by atoms with E-state index in [1.165, 1.54) is 6.92 Å². The van der Waals surface area contributed by atoms with Crippen molar-refractivity contribution in [2.24, 2.45) is 5.92 Å². The van der Waals surface area contributed by atoms with Gasteiger partial charge in [0.25, 0.3) is 0 Å². The molecule has 29 heavy (non-hydrogen) atoms. The van der Waals surface area contributed by atoms with E-state index >= 15 is 0 Å². The van der Waals surface area contributed by atoms with Gasteiger partial charge in [-0.15, -0.1) is 0 Å². The number of nitriles is 1. The van der Waals surface area contributed by atoms with Crippen molar-refractivity contribution in [2.45, 2.75) is 27.3 Å². The largest absolute Gasteiger partial charge is 0.382 e. The molecule has 0 aliphatic heterocycles. The number of urea groups is 1. The Morgan fingerprint density at radius 2 is 1.76 bits per heavy atom. The molecule has 1 N–H and O–H groups in total. The Balaban J connectivity index is 2.09. The fourth-order valence-electron chi connectivity index (χ4n) is 2.57. The molecule has 7 nitrogen and oxygen atoms in total. The third kappa shape index (κ3) is 7.12. The summed E-state index contributed by atoms with van der Waals surface area (Å²) in [6.07, 6.45) is 0. The standard InChI is InChI=1S/C21H25N3O4S/c1-4-29(26,27)28-20-11-7-18(8-12-20)15-24(14-16(2)3)21(25)23-19-9-5-17(13-22)6-10-19/h5-12,16H,4,14-15H2,1-3H3,(H,23,25). The smallest absolute Gasteiger partial charge is 0.322 e. The molecule has 0 heterocycles. The summed E-state index contributed by atoms with van der Waals surface area (Å²) in [5.41, 5.74) is 1.98. The van der Waals surface area contributed by atoms with E-state index in [9.17, 15) is 13.2 Å². The summed E-state index contributed by atoms with van der Waals surface area (Å²) < 4.78 is 28.1. The van der Waals surface area contributed by atoms with Crippen molar-refractivity contribution in [3.8, 4) is 11.8 Å². The molecule has 2 amide bonds. The molecule has 8 heteroatoms. The van der Waals surface area contributed by atoms with Crippen LogP contribution in [-0.4, -0.2) is 31.6 Å². The van der Waals surface area contributed by atoms with Crippen LogP contribution < -0.4 is 9.50 Å². The molecule has 2 rings (SSSR count). The summed E-state index contributed by atoms with van der Waals surface area (Å²) in [6.45, 7) is 6.47. The average molecular weight is 416 g/mol. The van der Waals surface area contributed by atoms with Crippen LogP contribution in [0.25, 0.3) is 0 Å². The van der Waals surface area contributed by atoms with Crippen molar-refractivity contribution in [3.63, 3.8) is 0 Å². The van der Waals surface area contributed by atoms with Gasteiger partial charge in [-0.25, -0.2) is 4.79 Å². The third-order valence-electron chi connectivity index (χ3n) is 4.01. The molecule has 0 saturated heterocycles. The van der Waals surface area contributed by atoms with Crippen LogP contribution in [0, 0.1) is 17.2 Å². The highest BCUT2D eigenvalue weighted by Gasteiger charge is 2.16. The Hall–Kier alpha value is -3.05. The van der Waals surface area contributed by atoms with Gasteiger partial charge in [0.2, 0.25) is 0 Å². The Morgan fingerprint density at radius 3 is 2.28 bits per heavy atom. The van der Waals surface area contributed by atoms with Crippen molar-refractivity contribution < 1.29 is 17.4 Å². The van der Waals surface area contributed by atoms with E-state index < -0.39 is 10.1 Å². The van der Waals surface area contributed by atoms with Crippen molar-refractivity contribution in [3.05, 3.63) is 59.7 Å². The van der Waals surface area contributed by atoms with E-state index in [2.05, 4.69) is 5.32 Å². The second-order valence-corrected chi connectivity index (χ2v) is 8.83. The van der Waals surface area contributed by atoms with Crippen LogP contribution in [0.2, 0.25) is 0 Å². The van der Waals surface area contributed by atoms with E-state index in [0.29, 0.717) is 24.3 Å². The Kier molecular flexibility index (Phi) is 7.62. The van der Waals surface area contributed by atoms with E-state index in [1.807, 2.05) is 19.9 Å². The van der Waals surface area contributed by atoms with Crippen LogP contribution in [0.4, 0.5) is 10.5 Å². The molecule has 0 saturated carbocycles. The molecule has 154 valence electrons. The van der Waals surface area contributed by atoms with Gasteiger partial charge in [-0.2, -0.15) is 13.7 Å². The maximum atomic E-state index is 12.7. The summed E-state index contributed by atoms with van der Waals surface area (Å²) in [6, 6.07) is 15.1. The SMILES string of the molecule is CCS(=O)(=O)Oc1ccc(CN(CC(C)C)C(=O)Nc2ccc(C#N)cc2)cc1. The van der Waals surface area contributed by atoms with Crippen LogP contribution in [0.3, 0.4) is 0 Å². The minimum atomic E-state index is -3.57. The molecule has 0 atom stereocenters. The van der Waals surface area contributed by atoms with Gasteiger partial charge in [0, 0.05) is 18.8 Å². The van der Waals surface area contributed by atoms with E-state index in [-0.39, 0.29) is 23.5 Å². The lowest BCUT2D eigenvalue weighted by Gasteiger charge is -2.25. The number of rotatable bonds is 8. The highest BCUT2D eigenvalue weighted by molar-refractivity contribution is 7.87. The fourth-order valence-corrected chi connectivity index (χ4v) is 3.09. The van der Waals surface area contributed by atoms with E-state index in [0.717, 1.165) is 5.56 Å². The topological polar surface area (TPSA) is 99.5 Å². The van der Waals surface area contributed by atoms with Crippen LogP contribution in [-0.2, 0) is 16.7 Å². The van der Waals surface area contributed by atoms with Crippen molar-refractivity contribution in [1.29, 1.82) is 5.26 Å². The number of hydrogen-bond acceptors (Lipinski definition) is 5. The number of nitrogens with one attached hydrogen (secondary N) is 1. The van der Waals surface area contributed by atoms with Crippen LogP contribution >= 0.6 is 0 Å². The molecular weight excluding hydrogens is 390 g/mol.